The van der Waals surface area contributed by atoms with E-state index in [1.807, 2.05) is 0 Å². The topological polar surface area (TPSA) is 72.2 Å². The van der Waals surface area contributed by atoms with Gasteiger partial charge in [0.2, 0.25) is 0 Å². The van der Waals surface area contributed by atoms with Crippen molar-refractivity contribution in [2.45, 2.75) is 0 Å². The Morgan fingerprint density at radius 3 is 2.69 bits per heavy atom. The van der Waals surface area contributed by atoms with Gasteiger partial charge in [0.25, 0.3) is 0 Å². The Morgan fingerprint density at radius 1 is 1.54 bits per heavy atom. The van der Waals surface area contributed by atoms with E-state index in [2.05, 4.69) is 5.10 Å². The molecule has 0 radical (unpaired) electrons. The normalized spacial score (nSPS) is 10.5. The molecule has 1 heterocycles. The van der Waals surface area contributed by atoms with Crippen LogP contribution in [0.15, 0.2) is 24.5 Å². The minimum absolute atomic E-state index is 0.365. The van der Waals surface area contributed by atoms with Crippen LogP contribution in [-0.4, -0.2) is 26.6 Å². The number of ketones is 1. The van der Waals surface area contributed by atoms with Crippen LogP contribution in [0, 0.1) is 0 Å². The zero-order valence-electron chi connectivity index (χ0n) is 6.97. The number of aromatic nitrogens is 2. The van der Waals surface area contributed by atoms with Gasteiger partial charge in [-0.3, -0.25) is 9.48 Å². The molecule has 1 aromatic rings. The van der Waals surface area contributed by atoms with E-state index in [0.29, 0.717) is 5.56 Å². The van der Waals surface area contributed by atoms with E-state index >= 15 is 0 Å². The molecule has 0 fully saturated rings. The van der Waals surface area contributed by atoms with E-state index in [9.17, 15) is 9.59 Å². The number of carbonyl (C=O) groups excluding carboxylic acids is 1. The highest BCUT2D eigenvalue weighted by molar-refractivity contribution is 6.06. The molecule has 0 aliphatic rings. The van der Waals surface area contributed by atoms with Gasteiger partial charge in [-0.05, 0) is 6.08 Å². The number of carbonyl (C=O) groups is 2. The Hall–Kier alpha value is -1.91. The first-order chi connectivity index (χ1) is 6.09. The molecule has 5 heteroatoms. The lowest BCUT2D eigenvalue weighted by Gasteiger charge is -1.85. The average molecular weight is 180 g/mol. The van der Waals surface area contributed by atoms with Crippen LogP contribution in [0.2, 0.25) is 0 Å². The molecule has 1 aromatic heterocycles. The zero-order chi connectivity index (χ0) is 9.84. The number of hydrogen-bond acceptors (Lipinski definition) is 3. The molecule has 0 atom stereocenters. The quantitative estimate of drug-likeness (QED) is 0.534. The monoisotopic (exact) mass is 180 g/mol. The molecule has 0 aromatic carbocycles. The maximum Gasteiger partial charge on any atom is 0.328 e. The van der Waals surface area contributed by atoms with Crippen LogP contribution >= 0.6 is 0 Å². The van der Waals surface area contributed by atoms with Crippen molar-refractivity contribution in [3.63, 3.8) is 0 Å². The molecule has 1 N–H and O–H groups in total. The second kappa shape index (κ2) is 3.66. The molecule has 0 saturated heterocycles. The lowest BCUT2D eigenvalue weighted by atomic mass is 10.2. The molecular weight excluding hydrogens is 172 g/mol. The molecule has 0 aliphatic carbocycles. The third-order valence-electron chi connectivity index (χ3n) is 1.37. The van der Waals surface area contributed by atoms with Crippen molar-refractivity contribution in [1.29, 1.82) is 0 Å². The van der Waals surface area contributed by atoms with Crippen LogP contribution in [0.25, 0.3) is 0 Å². The van der Waals surface area contributed by atoms with Gasteiger partial charge in [0.15, 0.2) is 5.78 Å². The highest BCUT2D eigenvalue weighted by Crippen LogP contribution is 1.98. The number of carboxylic acid groups (broad SMARTS) is 1. The summed E-state index contributed by atoms with van der Waals surface area (Å²) in [7, 11) is 1.68. The second-order valence-electron chi connectivity index (χ2n) is 2.44. The maximum atomic E-state index is 11.2. The Balaban J connectivity index is 2.75. The first-order valence-corrected chi connectivity index (χ1v) is 3.53. The predicted molar refractivity (Wildman–Crippen MR) is 44.3 cm³/mol. The number of rotatable bonds is 3. The zero-order valence-corrected chi connectivity index (χ0v) is 6.97. The fourth-order valence-corrected chi connectivity index (χ4v) is 0.792. The van der Waals surface area contributed by atoms with Gasteiger partial charge >= 0.3 is 5.97 Å². The maximum absolute atomic E-state index is 11.2. The molecule has 13 heavy (non-hydrogen) atoms. The second-order valence-corrected chi connectivity index (χ2v) is 2.44. The molecule has 1 rings (SSSR count). The third-order valence-corrected chi connectivity index (χ3v) is 1.37. The minimum atomic E-state index is -1.14. The van der Waals surface area contributed by atoms with Gasteiger partial charge in [-0.25, -0.2) is 4.79 Å². The number of aliphatic carboxylic acids is 1. The van der Waals surface area contributed by atoms with Crippen LogP contribution in [0.3, 0.4) is 0 Å². The Bertz CT molecular complexity index is 365. The summed E-state index contributed by atoms with van der Waals surface area (Å²) in [5.41, 5.74) is 0.375. The largest absolute Gasteiger partial charge is 0.478 e. The molecule has 68 valence electrons. The minimum Gasteiger partial charge on any atom is -0.478 e. The molecule has 0 spiro atoms. The fourth-order valence-electron chi connectivity index (χ4n) is 0.792. The van der Waals surface area contributed by atoms with E-state index < -0.39 is 5.97 Å². The van der Waals surface area contributed by atoms with Crippen LogP contribution in [0.1, 0.15) is 10.4 Å². The van der Waals surface area contributed by atoms with E-state index in [4.69, 9.17) is 5.11 Å². The summed E-state index contributed by atoms with van der Waals surface area (Å²) >= 11 is 0. The van der Waals surface area contributed by atoms with Crippen molar-refractivity contribution in [1.82, 2.24) is 9.78 Å². The highest BCUT2D eigenvalue weighted by atomic mass is 16.4. The number of allylic oxidation sites excluding steroid dienone is 1. The van der Waals surface area contributed by atoms with Crippen molar-refractivity contribution in [2.75, 3.05) is 0 Å². The van der Waals surface area contributed by atoms with Crippen molar-refractivity contribution in [3.8, 4) is 0 Å². The average Bonchev–Trinajstić information content (AvgIpc) is 2.47. The standard InChI is InChI=1S/C8H8N2O3/c1-10-5-6(4-9-10)7(11)2-3-8(12)13/h2-5H,1H3,(H,12,13)/b3-2+. The van der Waals surface area contributed by atoms with E-state index in [-0.39, 0.29) is 5.78 Å². The number of aryl methyl sites for hydroxylation is 1. The number of nitrogens with zero attached hydrogens (tertiary/aromatic N) is 2. The van der Waals surface area contributed by atoms with Crippen LogP contribution in [0.5, 0.6) is 0 Å². The van der Waals surface area contributed by atoms with Gasteiger partial charge < -0.3 is 5.11 Å². The molecule has 0 amide bonds. The summed E-state index contributed by atoms with van der Waals surface area (Å²) in [6, 6.07) is 0. The molecule has 0 aliphatic heterocycles. The van der Waals surface area contributed by atoms with Gasteiger partial charge in [0.1, 0.15) is 0 Å². The number of carboxylic acids is 1. The van der Waals surface area contributed by atoms with Gasteiger partial charge in [0, 0.05) is 19.3 Å². The molecular formula is C8H8N2O3. The van der Waals surface area contributed by atoms with E-state index in [1.165, 1.54) is 17.1 Å². The first-order valence-electron chi connectivity index (χ1n) is 3.53. The Morgan fingerprint density at radius 2 is 2.23 bits per heavy atom. The summed E-state index contributed by atoms with van der Waals surface area (Å²) in [5, 5.41) is 12.0. The van der Waals surface area contributed by atoms with Crippen molar-refractivity contribution in [3.05, 3.63) is 30.1 Å². The van der Waals surface area contributed by atoms with Crippen LogP contribution in [-0.2, 0) is 11.8 Å². The third kappa shape index (κ3) is 2.55. The SMILES string of the molecule is Cn1cc(C(=O)/C=C/C(=O)O)cn1. The van der Waals surface area contributed by atoms with Crippen molar-refractivity contribution >= 4 is 11.8 Å². The summed E-state index contributed by atoms with van der Waals surface area (Å²) < 4.78 is 1.47. The summed E-state index contributed by atoms with van der Waals surface area (Å²) in [4.78, 5) is 21.2. The van der Waals surface area contributed by atoms with Gasteiger partial charge in [-0.2, -0.15) is 5.10 Å². The van der Waals surface area contributed by atoms with Gasteiger partial charge in [-0.1, -0.05) is 0 Å². The Labute approximate surface area is 74.3 Å². The van der Waals surface area contributed by atoms with Crippen molar-refractivity contribution in [2.24, 2.45) is 7.05 Å². The smallest absolute Gasteiger partial charge is 0.328 e. The van der Waals surface area contributed by atoms with Crippen LogP contribution in [0.4, 0.5) is 0 Å². The van der Waals surface area contributed by atoms with Gasteiger partial charge in [-0.15, -0.1) is 0 Å². The fraction of sp³-hybridized carbons (Fsp3) is 0.125. The number of hydrogen-bond donors (Lipinski definition) is 1. The summed E-state index contributed by atoms with van der Waals surface area (Å²) in [6.07, 6.45) is 4.71. The molecule has 5 nitrogen and oxygen atoms in total. The summed E-state index contributed by atoms with van der Waals surface area (Å²) in [5.74, 6) is -1.51. The Kier molecular flexibility index (Phi) is 2.59. The first kappa shape index (κ1) is 9.18. The predicted octanol–water partition coefficient (Wildman–Crippen LogP) is 0.244. The van der Waals surface area contributed by atoms with Gasteiger partial charge in [0.05, 0.1) is 11.8 Å². The lowest BCUT2D eigenvalue weighted by molar-refractivity contribution is -0.131. The summed E-state index contributed by atoms with van der Waals surface area (Å²) in [6.45, 7) is 0. The molecule has 0 saturated carbocycles. The highest BCUT2D eigenvalue weighted by Gasteiger charge is 2.03. The van der Waals surface area contributed by atoms with Crippen molar-refractivity contribution < 1.29 is 14.7 Å². The molecule has 0 bridgehead atoms. The van der Waals surface area contributed by atoms with E-state index in [1.54, 1.807) is 7.05 Å². The lowest BCUT2D eigenvalue weighted by Crippen LogP contribution is -1.95. The van der Waals surface area contributed by atoms with E-state index in [0.717, 1.165) is 12.2 Å². The van der Waals surface area contributed by atoms with Crippen LogP contribution < -0.4 is 0 Å². The molecule has 0 unspecified atom stereocenters.